The van der Waals surface area contributed by atoms with Crippen molar-refractivity contribution in [1.82, 2.24) is 4.98 Å². The lowest BCUT2D eigenvalue weighted by atomic mass is 9.83. The Bertz CT molecular complexity index is 1500. The molecule has 3 atom stereocenters. The van der Waals surface area contributed by atoms with E-state index in [2.05, 4.69) is 65.6 Å². The lowest BCUT2D eigenvalue weighted by molar-refractivity contribution is 0.420. The third-order valence-corrected chi connectivity index (χ3v) is 7.57. The number of para-hydroxylation sites is 2. The van der Waals surface area contributed by atoms with Crippen LogP contribution in [0.25, 0.3) is 44.3 Å². The highest BCUT2D eigenvalue weighted by Crippen LogP contribution is 2.52. The van der Waals surface area contributed by atoms with Gasteiger partial charge in [-0.15, -0.1) is 0 Å². The molecule has 0 spiro atoms. The third kappa shape index (κ3) is 2.82. The number of pyridine rings is 1. The number of furan rings is 1. The Hall–Kier alpha value is -3.39. The fraction of sp³-hybridized carbons (Fsp3) is 0.233. The highest BCUT2D eigenvalue weighted by atomic mass is 16.3. The summed E-state index contributed by atoms with van der Waals surface area (Å²) in [7, 11) is 0. The summed E-state index contributed by atoms with van der Waals surface area (Å²) in [6.45, 7) is 0. The monoisotopic (exact) mass is 416 g/mol. The van der Waals surface area contributed by atoms with Crippen LogP contribution in [0.4, 0.5) is 0 Å². The second-order valence-electron chi connectivity index (χ2n) is 9.39. The van der Waals surface area contributed by atoms with E-state index < -0.39 is 0 Å². The lowest BCUT2D eigenvalue weighted by Gasteiger charge is -2.22. The van der Waals surface area contributed by atoms with Crippen LogP contribution in [0, 0.1) is 11.8 Å². The molecule has 156 valence electrons. The van der Waals surface area contributed by atoms with Gasteiger partial charge in [-0.25, -0.2) is 0 Å². The zero-order chi connectivity index (χ0) is 22.0. The van der Waals surface area contributed by atoms with Gasteiger partial charge in [0, 0.05) is 23.9 Å². The maximum absolute atomic E-state index is 9.13. The van der Waals surface area contributed by atoms with Crippen molar-refractivity contribution in [2.75, 3.05) is 0 Å². The first-order chi connectivity index (χ1) is 16.2. The van der Waals surface area contributed by atoms with Crippen molar-refractivity contribution in [3.8, 4) is 22.4 Å². The molecule has 2 heteroatoms. The summed E-state index contributed by atoms with van der Waals surface area (Å²) in [5.74, 6) is 0.906. The van der Waals surface area contributed by atoms with Gasteiger partial charge in [0.1, 0.15) is 11.2 Å². The first kappa shape index (κ1) is 17.2. The van der Waals surface area contributed by atoms with Crippen LogP contribution in [-0.4, -0.2) is 4.98 Å². The topological polar surface area (TPSA) is 26.0 Å². The van der Waals surface area contributed by atoms with Crippen LogP contribution in [0.15, 0.2) is 89.5 Å². The molecular formula is C30H25NO. The van der Waals surface area contributed by atoms with Crippen LogP contribution in [0.2, 0.25) is 0 Å². The molecule has 0 amide bonds. The van der Waals surface area contributed by atoms with Gasteiger partial charge in [-0.05, 0) is 77.9 Å². The molecule has 7 rings (SSSR count). The zero-order valence-corrected chi connectivity index (χ0v) is 17.9. The predicted molar refractivity (Wildman–Crippen MR) is 131 cm³/mol. The van der Waals surface area contributed by atoms with Gasteiger partial charge in [-0.3, -0.25) is 4.98 Å². The van der Waals surface area contributed by atoms with Crippen LogP contribution < -0.4 is 0 Å². The molecule has 2 saturated carbocycles. The normalized spacial score (nSPS) is 24.9. The summed E-state index contributed by atoms with van der Waals surface area (Å²) in [5.41, 5.74) is 7.17. The Labute approximate surface area is 189 Å². The Morgan fingerprint density at radius 1 is 0.812 bits per heavy atom. The molecule has 5 aromatic rings. The summed E-state index contributed by atoms with van der Waals surface area (Å²) in [6.07, 6.45) is 6.68. The van der Waals surface area contributed by atoms with Crippen molar-refractivity contribution in [2.24, 2.45) is 11.8 Å². The van der Waals surface area contributed by atoms with E-state index in [1.165, 1.54) is 24.8 Å². The maximum Gasteiger partial charge on any atom is 0.144 e. The first-order valence-corrected chi connectivity index (χ1v) is 11.7. The molecule has 2 aliphatic carbocycles. The molecule has 3 unspecified atom stereocenters. The first-order valence-electron chi connectivity index (χ1n) is 12.2. The molecule has 2 aliphatic rings. The van der Waals surface area contributed by atoms with Crippen LogP contribution >= 0.6 is 0 Å². The van der Waals surface area contributed by atoms with Crippen LogP contribution in [0.1, 0.15) is 38.5 Å². The second-order valence-corrected chi connectivity index (χ2v) is 9.39. The van der Waals surface area contributed by atoms with Gasteiger partial charge in [0.05, 0.1) is 5.69 Å². The lowest BCUT2D eigenvalue weighted by Crippen LogP contribution is -2.08. The fourth-order valence-corrected chi connectivity index (χ4v) is 5.99. The molecule has 32 heavy (non-hydrogen) atoms. The molecule has 2 aromatic heterocycles. The summed E-state index contributed by atoms with van der Waals surface area (Å²) >= 11 is 0. The molecule has 3 aromatic carbocycles. The largest absolute Gasteiger partial charge is 0.455 e. The molecule has 0 saturated heterocycles. The van der Waals surface area contributed by atoms with E-state index in [-0.39, 0.29) is 5.89 Å². The van der Waals surface area contributed by atoms with Crippen LogP contribution in [0.5, 0.6) is 0 Å². The van der Waals surface area contributed by atoms with Crippen molar-refractivity contribution in [3.05, 3.63) is 90.6 Å². The number of nitrogens with zero attached hydrogens (tertiary/aromatic N) is 1. The van der Waals surface area contributed by atoms with Gasteiger partial charge in [-0.2, -0.15) is 0 Å². The molecule has 2 nitrogen and oxygen atoms in total. The number of rotatable bonds is 3. The molecular weight excluding hydrogens is 390 g/mol. The minimum absolute atomic E-state index is 0.387. The van der Waals surface area contributed by atoms with E-state index in [9.17, 15) is 0 Å². The summed E-state index contributed by atoms with van der Waals surface area (Å²) in [4.78, 5) is 4.68. The number of benzene rings is 3. The van der Waals surface area contributed by atoms with Crippen molar-refractivity contribution in [2.45, 2.75) is 31.6 Å². The SMILES string of the molecule is [2H]C1(c2ccc(-c3ccnc(-c4cccc5c4oc4ccccc45)c3)cc2)CC2CCC1C2. The van der Waals surface area contributed by atoms with Crippen LogP contribution in [-0.2, 0) is 0 Å². The predicted octanol–water partition coefficient (Wildman–Crippen LogP) is 8.22. The minimum Gasteiger partial charge on any atom is -0.455 e. The van der Waals surface area contributed by atoms with Crippen molar-refractivity contribution in [1.29, 1.82) is 0 Å². The molecule has 2 bridgehead atoms. The van der Waals surface area contributed by atoms with Crippen LogP contribution in [0.3, 0.4) is 0 Å². The van der Waals surface area contributed by atoms with E-state index >= 15 is 0 Å². The average molecular weight is 417 g/mol. The van der Waals surface area contributed by atoms with Gasteiger partial charge in [0.2, 0.25) is 0 Å². The summed E-state index contributed by atoms with van der Waals surface area (Å²) < 4.78 is 15.4. The Morgan fingerprint density at radius 3 is 2.53 bits per heavy atom. The van der Waals surface area contributed by atoms with E-state index in [1.54, 1.807) is 0 Å². The van der Waals surface area contributed by atoms with Crippen molar-refractivity contribution >= 4 is 21.9 Å². The van der Waals surface area contributed by atoms with E-state index in [0.29, 0.717) is 5.92 Å². The van der Waals surface area contributed by atoms with E-state index in [1.807, 2.05) is 24.4 Å². The zero-order valence-electron chi connectivity index (χ0n) is 18.9. The Balaban J connectivity index is 1.27. The van der Waals surface area contributed by atoms with Gasteiger partial charge in [-0.1, -0.05) is 61.0 Å². The molecule has 2 fully saturated rings. The summed E-state index contributed by atoms with van der Waals surface area (Å²) in [5, 5.41) is 2.25. The van der Waals surface area contributed by atoms with Gasteiger partial charge >= 0.3 is 0 Å². The third-order valence-electron chi connectivity index (χ3n) is 7.57. The molecule has 0 radical (unpaired) electrons. The van der Waals surface area contributed by atoms with Crippen molar-refractivity contribution < 1.29 is 5.79 Å². The highest BCUT2D eigenvalue weighted by Gasteiger charge is 2.39. The summed E-state index contributed by atoms with van der Waals surface area (Å²) in [6, 6.07) is 27.4. The number of hydrogen-bond acceptors (Lipinski definition) is 2. The number of aromatic nitrogens is 1. The maximum atomic E-state index is 9.13. The quantitative estimate of drug-likeness (QED) is 0.296. The number of fused-ring (bicyclic) bond motifs is 5. The minimum atomic E-state index is -0.387. The van der Waals surface area contributed by atoms with Gasteiger partial charge < -0.3 is 4.42 Å². The van der Waals surface area contributed by atoms with E-state index in [0.717, 1.165) is 56.7 Å². The Kier molecular flexibility index (Phi) is 3.80. The van der Waals surface area contributed by atoms with Gasteiger partial charge in [0.25, 0.3) is 0 Å². The molecule has 2 heterocycles. The highest BCUT2D eigenvalue weighted by molar-refractivity contribution is 6.09. The second kappa shape index (κ2) is 7.06. The average Bonchev–Trinajstić information content (AvgIpc) is 3.57. The van der Waals surface area contributed by atoms with E-state index in [4.69, 9.17) is 5.79 Å². The molecule has 0 aliphatic heterocycles. The standard InChI is InChI=1S/C30H25NO/c1-2-7-29-24(4-1)25-5-3-6-26(30(25)32-29)28-18-22(14-15-31-28)20-10-12-21(13-11-20)27-17-19-8-9-23(27)16-19/h1-7,10-15,18-19,23,27H,8-9,16-17H2/i27D. The smallest absolute Gasteiger partial charge is 0.144 e. The van der Waals surface area contributed by atoms with Gasteiger partial charge in [0.15, 0.2) is 0 Å². The number of hydrogen-bond donors (Lipinski definition) is 0. The van der Waals surface area contributed by atoms with Crippen molar-refractivity contribution in [3.63, 3.8) is 0 Å². The fourth-order valence-electron chi connectivity index (χ4n) is 5.99. The molecule has 0 N–H and O–H groups in total. The Morgan fingerprint density at radius 2 is 1.69 bits per heavy atom.